The SMILES string of the molecule is CC(C)OC(=O)OCOC(=O)[C@H](Cc1ccccc1)NC(=O)C(N)CC(=O)O. The van der Waals surface area contributed by atoms with Crippen molar-refractivity contribution < 1.29 is 38.5 Å². The van der Waals surface area contributed by atoms with Crippen LogP contribution in [-0.4, -0.2) is 54.1 Å². The van der Waals surface area contributed by atoms with E-state index in [2.05, 4.69) is 10.1 Å². The van der Waals surface area contributed by atoms with E-state index in [-0.39, 0.29) is 6.42 Å². The van der Waals surface area contributed by atoms with Gasteiger partial charge < -0.3 is 30.4 Å². The van der Waals surface area contributed by atoms with Gasteiger partial charge in [-0.1, -0.05) is 30.3 Å². The number of benzene rings is 1. The number of carboxylic acid groups (broad SMARTS) is 1. The van der Waals surface area contributed by atoms with Crippen molar-refractivity contribution in [3.05, 3.63) is 35.9 Å². The molecule has 0 radical (unpaired) electrons. The van der Waals surface area contributed by atoms with Gasteiger partial charge in [0.15, 0.2) is 0 Å². The fourth-order valence-electron chi connectivity index (χ4n) is 2.07. The van der Waals surface area contributed by atoms with Crippen molar-refractivity contribution in [2.75, 3.05) is 6.79 Å². The monoisotopic (exact) mass is 396 g/mol. The van der Waals surface area contributed by atoms with Gasteiger partial charge in [-0.2, -0.15) is 0 Å². The van der Waals surface area contributed by atoms with Crippen LogP contribution in [-0.2, 0) is 35.0 Å². The van der Waals surface area contributed by atoms with Gasteiger partial charge in [0.2, 0.25) is 12.7 Å². The lowest BCUT2D eigenvalue weighted by Crippen LogP contribution is -2.50. The van der Waals surface area contributed by atoms with E-state index in [1.807, 2.05) is 0 Å². The summed E-state index contributed by atoms with van der Waals surface area (Å²) in [5.41, 5.74) is 6.23. The molecule has 0 aliphatic heterocycles. The van der Waals surface area contributed by atoms with Crippen LogP contribution in [0.3, 0.4) is 0 Å². The third kappa shape index (κ3) is 8.99. The lowest BCUT2D eigenvalue weighted by Gasteiger charge is -2.19. The number of rotatable bonds is 10. The minimum absolute atomic E-state index is 0.0711. The summed E-state index contributed by atoms with van der Waals surface area (Å²) in [5.74, 6) is -2.95. The molecule has 28 heavy (non-hydrogen) atoms. The molecule has 0 aliphatic rings. The van der Waals surface area contributed by atoms with Crippen molar-refractivity contribution in [1.29, 1.82) is 0 Å². The maximum absolute atomic E-state index is 12.3. The molecule has 10 heteroatoms. The number of aliphatic carboxylic acids is 1. The summed E-state index contributed by atoms with van der Waals surface area (Å²) in [6, 6.07) is 6.27. The van der Waals surface area contributed by atoms with Gasteiger partial charge in [-0.15, -0.1) is 0 Å². The number of hydrogen-bond acceptors (Lipinski definition) is 8. The van der Waals surface area contributed by atoms with Crippen molar-refractivity contribution in [1.82, 2.24) is 5.32 Å². The topological polar surface area (TPSA) is 154 Å². The third-order valence-electron chi connectivity index (χ3n) is 3.32. The van der Waals surface area contributed by atoms with Gasteiger partial charge in [0.25, 0.3) is 0 Å². The Hall–Kier alpha value is -3.14. The molecule has 154 valence electrons. The fraction of sp³-hybridized carbons (Fsp3) is 0.444. The maximum atomic E-state index is 12.3. The van der Waals surface area contributed by atoms with Crippen molar-refractivity contribution in [3.63, 3.8) is 0 Å². The summed E-state index contributed by atoms with van der Waals surface area (Å²) < 4.78 is 14.2. The quantitative estimate of drug-likeness (QED) is 0.380. The molecule has 2 atom stereocenters. The van der Waals surface area contributed by atoms with Crippen LogP contribution in [0.1, 0.15) is 25.8 Å². The molecule has 0 heterocycles. The molecule has 4 N–H and O–H groups in total. The minimum atomic E-state index is -1.33. The number of carbonyl (C=O) groups excluding carboxylic acids is 3. The number of esters is 1. The van der Waals surface area contributed by atoms with Crippen LogP contribution in [0.15, 0.2) is 30.3 Å². The molecule has 1 rings (SSSR count). The standard InChI is InChI=1S/C18H24N2O8/c1-11(2)28-18(25)27-10-26-17(24)14(8-12-6-4-3-5-7-12)20-16(23)13(19)9-15(21)22/h3-7,11,13-14H,8-10,19H2,1-2H3,(H,20,23)(H,21,22)/t13?,14-/m0/s1. The first-order valence-corrected chi connectivity index (χ1v) is 8.50. The van der Waals surface area contributed by atoms with E-state index >= 15 is 0 Å². The van der Waals surface area contributed by atoms with Gasteiger partial charge in [-0.05, 0) is 19.4 Å². The lowest BCUT2D eigenvalue weighted by molar-refractivity contribution is -0.157. The van der Waals surface area contributed by atoms with Crippen LogP contribution in [0.2, 0.25) is 0 Å². The molecule has 0 fully saturated rings. The zero-order chi connectivity index (χ0) is 21.1. The molecule has 0 aromatic heterocycles. The van der Waals surface area contributed by atoms with Crippen LogP contribution >= 0.6 is 0 Å². The van der Waals surface area contributed by atoms with Gasteiger partial charge in [-0.25, -0.2) is 9.59 Å². The van der Waals surface area contributed by atoms with Crippen LogP contribution in [0.25, 0.3) is 0 Å². The second-order valence-electron chi connectivity index (χ2n) is 6.10. The summed E-state index contributed by atoms with van der Waals surface area (Å²) in [4.78, 5) is 46.4. The van der Waals surface area contributed by atoms with Gasteiger partial charge in [0, 0.05) is 6.42 Å². The molecule has 1 aromatic rings. The lowest BCUT2D eigenvalue weighted by atomic mass is 10.1. The first kappa shape index (κ1) is 22.9. The predicted molar refractivity (Wildman–Crippen MR) is 96.0 cm³/mol. The van der Waals surface area contributed by atoms with Crippen LogP contribution in [0.5, 0.6) is 0 Å². The summed E-state index contributed by atoms with van der Waals surface area (Å²) in [5, 5.41) is 11.1. The summed E-state index contributed by atoms with van der Waals surface area (Å²) in [6.07, 6.45) is -1.93. The van der Waals surface area contributed by atoms with E-state index in [0.717, 1.165) is 5.56 Å². The largest absolute Gasteiger partial charge is 0.511 e. The van der Waals surface area contributed by atoms with Gasteiger partial charge in [-0.3, -0.25) is 9.59 Å². The number of carbonyl (C=O) groups is 4. The normalized spacial score (nSPS) is 12.6. The van der Waals surface area contributed by atoms with Gasteiger partial charge in [0.1, 0.15) is 6.04 Å². The molecule has 1 amide bonds. The molecular formula is C18H24N2O8. The zero-order valence-corrected chi connectivity index (χ0v) is 15.6. The Labute approximate surface area is 161 Å². The molecule has 10 nitrogen and oxygen atoms in total. The summed E-state index contributed by atoms with van der Waals surface area (Å²) in [7, 11) is 0. The Bertz CT molecular complexity index is 677. The van der Waals surface area contributed by atoms with E-state index in [4.69, 9.17) is 20.3 Å². The van der Waals surface area contributed by atoms with E-state index in [1.165, 1.54) is 0 Å². The molecule has 0 spiro atoms. The molecule has 1 unspecified atom stereocenters. The second kappa shape index (κ2) is 11.5. The van der Waals surface area contributed by atoms with Gasteiger partial charge >= 0.3 is 18.1 Å². The highest BCUT2D eigenvalue weighted by Gasteiger charge is 2.26. The van der Waals surface area contributed by atoms with E-state index in [0.29, 0.717) is 0 Å². The van der Waals surface area contributed by atoms with Crippen molar-refractivity contribution >= 4 is 24.0 Å². The Kier molecular flexibility index (Phi) is 9.44. The highest BCUT2D eigenvalue weighted by Crippen LogP contribution is 2.06. The van der Waals surface area contributed by atoms with Crippen molar-refractivity contribution in [3.8, 4) is 0 Å². The number of hydrogen-bond donors (Lipinski definition) is 3. The Morgan fingerprint density at radius 3 is 2.32 bits per heavy atom. The number of ether oxygens (including phenoxy) is 3. The number of amides is 1. The average Bonchev–Trinajstić information content (AvgIpc) is 2.60. The maximum Gasteiger partial charge on any atom is 0.511 e. The molecule has 0 saturated carbocycles. The highest BCUT2D eigenvalue weighted by molar-refractivity contribution is 5.89. The second-order valence-corrected chi connectivity index (χ2v) is 6.10. The molecule has 0 aliphatic carbocycles. The third-order valence-corrected chi connectivity index (χ3v) is 3.32. The van der Waals surface area contributed by atoms with E-state index in [9.17, 15) is 19.2 Å². The van der Waals surface area contributed by atoms with Crippen LogP contribution in [0.4, 0.5) is 4.79 Å². The number of nitrogens with two attached hydrogens (primary N) is 1. The molecular weight excluding hydrogens is 372 g/mol. The zero-order valence-electron chi connectivity index (χ0n) is 15.6. The first-order chi connectivity index (χ1) is 13.2. The highest BCUT2D eigenvalue weighted by atomic mass is 16.8. The Morgan fingerprint density at radius 2 is 1.75 bits per heavy atom. The van der Waals surface area contributed by atoms with Crippen LogP contribution in [0, 0.1) is 0 Å². The summed E-state index contributed by atoms with van der Waals surface area (Å²) in [6.45, 7) is 2.55. The molecule has 1 aromatic carbocycles. The van der Waals surface area contributed by atoms with Gasteiger partial charge in [0.05, 0.1) is 18.6 Å². The fourth-order valence-corrected chi connectivity index (χ4v) is 2.07. The smallest absolute Gasteiger partial charge is 0.481 e. The Morgan fingerprint density at radius 1 is 1.11 bits per heavy atom. The summed E-state index contributed by atoms with van der Waals surface area (Å²) >= 11 is 0. The Balaban J connectivity index is 2.71. The molecule has 0 bridgehead atoms. The average molecular weight is 396 g/mol. The van der Waals surface area contributed by atoms with E-state index in [1.54, 1.807) is 44.2 Å². The van der Waals surface area contributed by atoms with Crippen LogP contribution < -0.4 is 11.1 Å². The predicted octanol–water partition coefficient (Wildman–Crippen LogP) is 0.578. The van der Waals surface area contributed by atoms with Crippen molar-refractivity contribution in [2.45, 2.75) is 44.9 Å². The number of nitrogens with one attached hydrogen (secondary N) is 1. The minimum Gasteiger partial charge on any atom is -0.481 e. The van der Waals surface area contributed by atoms with Crippen molar-refractivity contribution in [2.24, 2.45) is 5.73 Å². The first-order valence-electron chi connectivity index (χ1n) is 8.50. The number of carboxylic acids is 1. The molecule has 0 saturated heterocycles. The van der Waals surface area contributed by atoms with E-state index < -0.39 is 55.4 Å².